The zero-order valence-corrected chi connectivity index (χ0v) is 22.7. The van der Waals surface area contributed by atoms with Gasteiger partial charge in [0.15, 0.2) is 0 Å². The van der Waals surface area contributed by atoms with Crippen LogP contribution in [0.2, 0.25) is 0 Å². The Balaban J connectivity index is 1.35. The number of rotatable bonds is 6. The molecule has 3 heterocycles. The Labute approximate surface area is 230 Å². The topological polar surface area (TPSA) is 114 Å². The molecule has 39 heavy (non-hydrogen) atoms. The molecule has 5 rings (SSSR count). The van der Waals surface area contributed by atoms with Crippen molar-refractivity contribution in [2.75, 3.05) is 11.9 Å². The molecule has 0 fully saturated rings. The van der Waals surface area contributed by atoms with Gasteiger partial charge in [0, 0.05) is 24.0 Å². The highest BCUT2D eigenvalue weighted by molar-refractivity contribution is 7.17. The fourth-order valence-corrected chi connectivity index (χ4v) is 5.82. The van der Waals surface area contributed by atoms with Crippen LogP contribution in [0.5, 0.6) is 0 Å². The molecular formula is C29H29N3O6S. The summed E-state index contributed by atoms with van der Waals surface area (Å²) < 4.78 is 11.1. The Morgan fingerprint density at radius 3 is 2.31 bits per heavy atom. The van der Waals surface area contributed by atoms with E-state index in [0.29, 0.717) is 29.1 Å². The number of fused-ring (bicyclic) bond motifs is 2. The number of benzene rings is 2. The highest BCUT2D eigenvalue weighted by Crippen LogP contribution is 2.38. The molecule has 0 saturated heterocycles. The summed E-state index contributed by atoms with van der Waals surface area (Å²) in [5.74, 6) is -1.21. The molecule has 2 aliphatic heterocycles. The first kappa shape index (κ1) is 26.6. The van der Waals surface area contributed by atoms with Crippen LogP contribution >= 0.6 is 11.3 Å². The van der Waals surface area contributed by atoms with Gasteiger partial charge in [0.2, 0.25) is 0 Å². The predicted molar refractivity (Wildman–Crippen MR) is 146 cm³/mol. The Morgan fingerprint density at radius 2 is 1.67 bits per heavy atom. The molecule has 2 N–H and O–H groups in total. The smallest absolute Gasteiger partial charge is 0.412 e. The molecule has 0 radical (unpaired) electrons. The second-order valence-electron chi connectivity index (χ2n) is 10.4. The van der Waals surface area contributed by atoms with Gasteiger partial charge in [-0.2, -0.15) is 0 Å². The summed E-state index contributed by atoms with van der Waals surface area (Å²) in [5, 5.41) is 6.44. The number of esters is 1. The van der Waals surface area contributed by atoms with E-state index in [1.54, 1.807) is 45.0 Å². The maximum absolute atomic E-state index is 13.3. The van der Waals surface area contributed by atoms with Gasteiger partial charge >= 0.3 is 12.1 Å². The van der Waals surface area contributed by atoms with Crippen LogP contribution in [0.3, 0.4) is 0 Å². The van der Waals surface area contributed by atoms with Gasteiger partial charge in [-0.05, 0) is 50.5 Å². The van der Waals surface area contributed by atoms with Crippen LogP contribution < -0.4 is 10.6 Å². The number of hydrogen-bond acceptors (Lipinski definition) is 8. The van der Waals surface area contributed by atoms with Gasteiger partial charge in [-0.25, -0.2) is 9.59 Å². The van der Waals surface area contributed by atoms with Gasteiger partial charge in [0.1, 0.15) is 17.2 Å². The molecule has 3 amide bonds. The maximum Gasteiger partial charge on any atom is 0.412 e. The molecule has 0 spiro atoms. The first-order valence-electron chi connectivity index (χ1n) is 12.6. The van der Waals surface area contributed by atoms with Crippen LogP contribution in [0, 0.1) is 0 Å². The summed E-state index contributed by atoms with van der Waals surface area (Å²) in [6.07, 6.45) is -0.313. The second kappa shape index (κ2) is 10.6. The van der Waals surface area contributed by atoms with Crippen LogP contribution in [-0.2, 0) is 29.0 Å². The van der Waals surface area contributed by atoms with E-state index >= 15 is 0 Å². The first-order chi connectivity index (χ1) is 18.6. The molecule has 1 aromatic heterocycles. The molecule has 0 saturated carbocycles. The number of thiophene rings is 1. The zero-order valence-electron chi connectivity index (χ0n) is 21.9. The number of amides is 3. The zero-order chi connectivity index (χ0) is 27.7. The lowest BCUT2D eigenvalue weighted by Gasteiger charge is -2.28. The molecule has 1 atom stereocenters. The lowest BCUT2D eigenvalue weighted by atomic mass is 9.97. The van der Waals surface area contributed by atoms with E-state index < -0.39 is 17.7 Å². The Kier molecular flexibility index (Phi) is 7.24. The Hall–Kier alpha value is -4.02. The minimum atomic E-state index is -0.747. The van der Waals surface area contributed by atoms with E-state index in [0.717, 1.165) is 16.0 Å². The van der Waals surface area contributed by atoms with Gasteiger partial charge in [-0.1, -0.05) is 42.5 Å². The molecule has 1 unspecified atom stereocenters. The third-order valence-electron chi connectivity index (χ3n) is 6.41. The van der Waals surface area contributed by atoms with E-state index in [4.69, 9.17) is 9.47 Å². The van der Waals surface area contributed by atoms with Crippen molar-refractivity contribution in [2.24, 2.45) is 0 Å². The highest BCUT2D eigenvalue weighted by atomic mass is 32.1. The molecular weight excluding hydrogens is 518 g/mol. The van der Waals surface area contributed by atoms with Crippen LogP contribution in [0.1, 0.15) is 67.8 Å². The predicted octanol–water partition coefficient (Wildman–Crippen LogP) is 4.76. The molecule has 9 nitrogen and oxygen atoms in total. The van der Waals surface area contributed by atoms with Crippen LogP contribution in [0.4, 0.5) is 9.80 Å². The normalized spacial score (nSPS) is 16.5. The van der Waals surface area contributed by atoms with Crippen LogP contribution in [0.15, 0.2) is 54.6 Å². The third-order valence-corrected chi connectivity index (χ3v) is 7.55. The summed E-state index contributed by atoms with van der Waals surface area (Å²) in [6, 6.07) is 15.8. The monoisotopic (exact) mass is 547 g/mol. The number of carbonyl (C=O) groups excluding carboxylic acids is 4. The molecule has 2 aliphatic rings. The van der Waals surface area contributed by atoms with E-state index in [2.05, 4.69) is 10.6 Å². The number of ether oxygens (including phenoxy) is 2. The average Bonchev–Trinajstić information content (AvgIpc) is 3.37. The van der Waals surface area contributed by atoms with Gasteiger partial charge in [-0.3, -0.25) is 19.8 Å². The summed E-state index contributed by atoms with van der Waals surface area (Å²) in [7, 11) is 0. The Bertz CT molecular complexity index is 1410. The standard InChI is InChI=1S/C29H29N3O6S/c1-29(2,3)38-27(35)23-21-13-18(15-32-25(33)19-11-7-8-12-20(19)26(32)34)30-14-22(21)39-24(23)31-28(36)37-16-17-9-5-4-6-10-17/h4-12,18,30H,13-16H2,1-3H3,(H,31,36). The van der Waals surface area contributed by atoms with Crippen molar-refractivity contribution in [3.05, 3.63) is 87.3 Å². The first-order valence-corrected chi connectivity index (χ1v) is 13.5. The van der Waals surface area contributed by atoms with Gasteiger partial charge < -0.3 is 14.8 Å². The Morgan fingerprint density at radius 1 is 1.03 bits per heavy atom. The molecule has 0 aliphatic carbocycles. The molecule has 10 heteroatoms. The minimum absolute atomic E-state index is 0.0868. The quantitative estimate of drug-likeness (QED) is 0.338. The number of anilines is 1. The van der Waals surface area contributed by atoms with Crippen molar-refractivity contribution in [2.45, 2.75) is 52.0 Å². The minimum Gasteiger partial charge on any atom is -0.456 e. The fourth-order valence-electron chi connectivity index (χ4n) is 4.67. The van der Waals surface area contributed by atoms with E-state index in [1.165, 1.54) is 16.2 Å². The molecule has 3 aromatic rings. The van der Waals surface area contributed by atoms with E-state index in [1.807, 2.05) is 30.3 Å². The van der Waals surface area contributed by atoms with Crippen molar-refractivity contribution >= 4 is 40.2 Å². The van der Waals surface area contributed by atoms with Crippen molar-refractivity contribution in [1.82, 2.24) is 10.2 Å². The number of nitrogens with zero attached hydrogens (tertiary/aromatic N) is 1. The molecule has 2 aromatic carbocycles. The van der Waals surface area contributed by atoms with Crippen molar-refractivity contribution < 1.29 is 28.7 Å². The van der Waals surface area contributed by atoms with Gasteiger partial charge in [0.25, 0.3) is 11.8 Å². The van der Waals surface area contributed by atoms with E-state index in [9.17, 15) is 19.2 Å². The fraction of sp³-hybridized carbons (Fsp3) is 0.310. The number of hydrogen-bond donors (Lipinski definition) is 2. The highest BCUT2D eigenvalue weighted by Gasteiger charge is 2.38. The van der Waals surface area contributed by atoms with Crippen molar-refractivity contribution in [3.8, 4) is 0 Å². The average molecular weight is 548 g/mol. The summed E-state index contributed by atoms with van der Waals surface area (Å²) >= 11 is 1.28. The van der Waals surface area contributed by atoms with Crippen molar-refractivity contribution in [1.29, 1.82) is 0 Å². The summed E-state index contributed by atoms with van der Waals surface area (Å²) in [6.45, 7) is 5.97. The summed E-state index contributed by atoms with van der Waals surface area (Å²) in [4.78, 5) is 53.9. The summed E-state index contributed by atoms with van der Waals surface area (Å²) in [5.41, 5.74) is 1.88. The van der Waals surface area contributed by atoms with Gasteiger partial charge in [-0.15, -0.1) is 11.3 Å². The molecule has 0 bridgehead atoms. The lowest BCUT2D eigenvalue weighted by molar-refractivity contribution is 0.00691. The van der Waals surface area contributed by atoms with Crippen LogP contribution in [0.25, 0.3) is 0 Å². The number of nitrogens with one attached hydrogen (secondary N) is 2. The third kappa shape index (κ3) is 5.71. The number of imide groups is 1. The second-order valence-corrected chi connectivity index (χ2v) is 11.6. The van der Waals surface area contributed by atoms with Crippen molar-refractivity contribution in [3.63, 3.8) is 0 Å². The van der Waals surface area contributed by atoms with Crippen LogP contribution in [-0.4, -0.2) is 47.0 Å². The maximum atomic E-state index is 13.3. The van der Waals surface area contributed by atoms with E-state index in [-0.39, 0.29) is 36.6 Å². The lowest BCUT2D eigenvalue weighted by Crippen LogP contribution is -2.46. The number of carbonyl (C=O) groups is 4. The van der Waals surface area contributed by atoms with Gasteiger partial charge in [0.05, 0.1) is 16.7 Å². The SMILES string of the molecule is CC(C)(C)OC(=O)c1c(NC(=O)OCc2ccccc2)sc2c1CC(CN1C(=O)c3ccccc3C1=O)NC2. The molecule has 202 valence electrons. The largest absolute Gasteiger partial charge is 0.456 e.